The third kappa shape index (κ3) is 1.66. The van der Waals surface area contributed by atoms with Crippen molar-refractivity contribution in [1.29, 1.82) is 0 Å². The topological polar surface area (TPSA) is 82.1 Å². The maximum atomic E-state index is 12.6. The van der Waals surface area contributed by atoms with Gasteiger partial charge in [0.2, 0.25) is 0 Å². The van der Waals surface area contributed by atoms with E-state index in [0.29, 0.717) is 11.4 Å². The molecule has 1 aromatic carbocycles. The van der Waals surface area contributed by atoms with Gasteiger partial charge in [-0.2, -0.15) is 0 Å². The van der Waals surface area contributed by atoms with Crippen LogP contribution in [0.5, 0.6) is 5.75 Å². The lowest BCUT2D eigenvalue weighted by atomic mass is 10.0. The van der Waals surface area contributed by atoms with Crippen LogP contribution in [0, 0.1) is 0 Å². The Morgan fingerprint density at radius 2 is 1.96 bits per heavy atom. The smallest absolute Gasteiger partial charge is 0.341 e. The lowest BCUT2D eigenvalue weighted by Crippen LogP contribution is -2.56. The number of benzene rings is 1. The third-order valence-corrected chi connectivity index (χ3v) is 5.62. The molecule has 24 heavy (non-hydrogen) atoms. The zero-order chi connectivity index (χ0) is 17.1. The fourth-order valence-corrected chi connectivity index (χ4v) is 4.73. The van der Waals surface area contributed by atoms with Gasteiger partial charge in [-0.25, -0.2) is 9.59 Å². The molecule has 0 amide bonds. The second kappa shape index (κ2) is 5.01. The first kappa shape index (κ1) is 15.1. The van der Waals surface area contributed by atoms with E-state index in [0.717, 1.165) is 11.8 Å². The van der Waals surface area contributed by atoms with Crippen LogP contribution < -0.4 is 9.64 Å². The number of hydrogen-bond donors (Lipinski definition) is 0. The van der Waals surface area contributed by atoms with Crippen molar-refractivity contribution < 1.29 is 28.6 Å². The quantitative estimate of drug-likeness (QED) is 0.729. The molecule has 0 N–H and O–H groups in total. The Morgan fingerprint density at radius 1 is 1.25 bits per heavy atom. The number of hydrogen-bond acceptors (Lipinski definition) is 8. The van der Waals surface area contributed by atoms with Crippen LogP contribution in [0.1, 0.15) is 0 Å². The van der Waals surface area contributed by atoms with Crippen molar-refractivity contribution in [2.75, 3.05) is 24.9 Å². The van der Waals surface area contributed by atoms with E-state index < -0.39 is 23.0 Å². The second-order valence-electron chi connectivity index (χ2n) is 5.45. The predicted octanol–water partition coefficient (Wildman–Crippen LogP) is 0.880. The Labute approximate surface area is 141 Å². The summed E-state index contributed by atoms with van der Waals surface area (Å²) in [6, 6.07) is 6.24. The third-order valence-electron chi connectivity index (χ3n) is 4.32. The van der Waals surface area contributed by atoms with E-state index in [1.807, 2.05) is 0 Å². The Kier molecular flexibility index (Phi) is 3.14. The molecule has 0 spiro atoms. The number of carbonyl (C=O) groups excluding carboxylic acids is 3. The first-order valence-corrected chi connectivity index (χ1v) is 8.19. The molecule has 4 rings (SSSR count). The van der Waals surface area contributed by atoms with Gasteiger partial charge in [-0.1, -0.05) is 23.9 Å². The van der Waals surface area contributed by atoms with Gasteiger partial charge >= 0.3 is 11.9 Å². The minimum absolute atomic E-state index is 0.00569. The van der Waals surface area contributed by atoms with Gasteiger partial charge in [-0.15, -0.1) is 0 Å². The Hall–Kier alpha value is -2.48. The maximum Gasteiger partial charge on any atom is 0.341 e. The Balaban J connectivity index is 2.00. The van der Waals surface area contributed by atoms with Crippen LogP contribution in [-0.4, -0.2) is 48.8 Å². The molecule has 2 atom stereocenters. The van der Waals surface area contributed by atoms with Crippen LogP contribution >= 0.6 is 11.8 Å². The zero-order valence-electron chi connectivity index (χ0n) is 12.9. The number of rotatable bonds is 2. The van der Waals surface area contributed by atoms with E-state index >= 15 is 0 Å². The van der Waals surface area contributed by atoms with E-state index in [4.69, 9.17) is 14.2 Å². The number of ketones is 1. The van der Waals surface area contributed by atoms with Crippen LogP contribution in [0.4, 0.5) is 5.69 Å². The summed E-state index contributed by atoms with van der Waals surface area (Å²) >= 11 is 1.16. The first-order chi connectivity index (χ1) is 11.5. The van der Waals surface area contributed by atoms with Crippen LogP contribution in [-0.2, 0) is 23.9 Å². The molecule has 1 fully saturated rings. The van der Waals surface area contributed by atoms with Crippen LogP contribution in [0.25, 0.3) is 0 Å². The average Bonchev–Trinajstić information content (AvgIpc) is 3.04. The van der Waals surface area contributed by atoms with Gasteiger partial charge in [-0.05, 0) is 12.1 Å². The molecule has 8 heteroatoms. The molecular formula is C16H13NO6S. The maximum absolute atomic E-state index is 12.6. The number of thioether (sulfide) groups is 1. The molecule has 1 saturated heterocycles. The molecule has 7 nitrogen and oxygen atoms in total. The van der Waals surface area contributed by atoms with Crippen molar-refractivity contribution in [3.05, 3.63) is 35.4 Å². The van der Waals surface area contributed by atoms with Gasteiger partial charge in [0.05, 0.1) is 31.2 Å². The number of Topliss-reactive ketones (excluding diaryl/α,β-unsaturated/α-hetero) is 1. The van der Waals surface area contributed by atoms with E-state index in [9.17, 15) is 14.4 Å². The number of carbonyl (C=O) groups is 3. The largest absolute Gasteiger partial charge is 0.466 e. The lowest BCUT2D eigenvalue weighted by Gasteiger charge is -2.38. The van der Waals surface area contributed by atoms with Crippen molar-refractivity contribution >= 4 is 35.2 Å². The monoisotopic (exact) mass is 347 g/mol. The van der Waals surface area contributed by atoms with Crippen molar-refractivity contribution in [3.8, 4) is 5.75 Å². The van der Waals surface area contributed by atoms with Crippen molar-refractivity contribution in [2.45, 2.75) is 11.1 Å². The summed E-state index contributed by atoms with van der Waals surface area (Å²) in [5.41, 5.74) is 0.672. The summed E-state index contributed by atoms with van der Waals surface area (Å²) in [4.78, 5) is 39.1. The first-order valence-electron chi connectivity index (χ1n) is 7.20. The highest BCUT2D eigenvalue weighted by molar-refractivity contribution is 8.01. The number of ether oxygens (including phenoxy) is 3. The highest BCUT2D eigenvalue weighted by atomic mass is 32.2. The van der Waals surface area contributed by atoms with Gasteiger partial charge in [0.15, 0.2) is 5.78 Å². The number of fused-ring (bicyclic) bond motifs is 1. The highest BCUT2D eigenvalue weighted by Crippen LogP contribution is 2.59. The second-order valence-corrected chi connectivity index (χ2v) is 6.58. The predicted molar refractivity (Wildman–Crippen MR) is 84.6 cm³/mol. The van der Waals surface area contributed by atoms with Crippen molar-refractivity contribution in [3.63, 3.8) is 0 Å². The normalized spacial score (nSPS) is 26.7. The Morgan fingerprint density at radius 3 is 2.67 bits per heavy atom. The molecule has 124 valence electrons. The van der Waals surface area contributed by atoms with E-state index in [-0.39, 0.29) is 22.7 Å². The molecule has 0 aliphatic carbocycles. The minimum Gasteiger partial charge on any atom is -0.466 e. The van der Waals surface area contributed by atoms with Gasteiger partial charge in [0, 0.05) is 0 Å². The molecule has 3 aliphatic heterocycles. The van der Waals surface area contributed by atoms with Gasteiger partial charge in [0.25, 0.3) is 5.06 Å². The zero-order valence-corrected chi connectivity index (χ0v) is 13.7. The number of nitrogens with zero attached hydrogens (tertiary/aromatic N) is 1. The molecule has 3 heterocycles. The van der Waals surface area contributed by atoms with Crippen molar-refractivity contribution in [1.82, 2.24) is 0 Å². The molecule has 0 saturated carbocycles. The van der Waals surface area contributed by atoms with Crippen LogP contribution in [0.15, 0.2) is 35.4 Å². The lowest BCUT2D eigenvalue weighted by molar-refractivity contribution is -0.140. The summed E-state index contributed by atoms with van der Waals surface area (Å²) in [6.45, 7) is 0. The molecule has 2 bridgehead atoms. The number of esters is 2. The summed E-state index contributed by atoms with van der Waals surface area (Å²) in [5.74, 6) is -0.954. The van der Waals surface area contributed by atoms with Gasteiger partial charge in [0.1, 0.15) is 17.4 Å². The van der Waals surface area contributed by atoms with Gasteiger partial charge < -0.3 is 19.1 Å². The molecular weight excluding hydrogens is 334 g/mol. The van der Waals surface area contributed by atoms with Crippen LogP contribution in [0.3, 0.4) is 0 Å². The highest BCUT2D eigenvalue weighted by Gasteiger charge is 2.67. The molecule has 3 aliphatic rings. The number of anilines is 1. The molecule has 1 aromatic rings. The summed E-state index contributed by atoms with van der Waals surface area (Å²) in [6.07, 6.45) is 0. The average molecular weight is 347 g/mol. The fourth-order valence-electron chi connectivity index (χ4n) is 3.40. The fraction of sp³-hybridized carbons (Fsp3) is 0.312. The summed E-state index contributed by atoms with van der Waals surface area (Å²) in [7, 11) is 2.43. The molecule has 0 radical (unpaired) electrons. The molecule has 0 aromatic heterocycles. The summed E-state index contributed by atoms with van der Waals surface area (Å²) < 4.78 is 15.8. The van der Waals surface area contributed by atoms with E-state index in [2.05, 4.69) is 0 Å². The standard InChI is InChI=1S/C16H13NO6S/c1-21-14(19)11-12(15(20)22-2)16-17(13(11)9(18)7-24-16)8-5-3-4-6-10(8)23-16/h3-6,13H,7H2,1-2H3. The van der Waals surface area contributed by atoms with Gasteiger partial charge in [-0.3, -0.25) is 4.79 Å². The van der Waals surface area contributed by atoms with E-state index in [1.165, 1.54) is 14.2 Å². The van der Waals surface area contributed by atoms with Crippen molar-refractivity contribution in [2.24, 2.45) is 0 Å². The van der Waals surface area contributed by atoms with Crippen LogP contribution in [0.2, 0.25) is 0 Å². The number of methoxy groups -OCH3 is 2. The summed E-state index contributed by atoms with van der Waals surface area (Å²) in [5, 5.41) is -1.28. The van der Waals surface area contributed by atoms with E-state index in [1.54, 1.807) is 29.2 Å². The SMILES string of the molecule is COC(=O)C1=C(C(=O)OC)C23Oc4ccccc4N2C1C(=O)CS3. The molecule has 2 unspecified atom stereocenters. The number of para-hydroxylation sites is 2. The minimum atomic E-state index is -1.28. The Bertz CT molecular complexity index is 819.